The minimum atomic E-state index is -2.46. The first-order valence-corrected chi connectivity index (χ1v) is 21.8. The Morgan fingerprint density at radius 2 is 0.770 bits per heavy atom. The summed E-state index contributed by atoms with van der Waals surface area (Å²) < 4.78 is 20.7. The molecule has 0 aliphatic heterocycles. The molecule has 4 aromatic carbocycles. The average molecular weight is 1030 g/mol. The maximum atomic E-state index is 12.4. The summed E-state index contributed by atoms with van der Waals surface area (Å²) in [6.07, 6.45) is -5.59. The molecule has 2 fully saturated rings. The number of aliphatic hydroxyl groups is 6. The number of carbonyl (C=O) groups excluding carboxylic acids is 4. The molecule has 0 radical (unpaired) electrons. The summed E-state index contributed by atoms with van der Waals surface area (Å²) in [7, 11) is 0. The molecule has 0 spiro atoms. The quantitative estimate of drug-likeness (QED) is 0.0278. The van der Waals surface area contributed by atoms with Gasteiger partial charge in [0.05, 0.1) is 6.10 Å². The molecule has 74 heavy (non-hydrogen) atoms. The maximum Gasteiger partial charge on any atom is 0.335 e. The van der Waals surface area contributed by atoms with Crippen LogP contribution < -0.4 is 0 Å². The van der Waals surface area contributed by atoms with Crippen molar-refractivity contribution < 1.29 is 120 Å². The average Bonchev–Trinajstić information content (AvgIpc) is 3.33. The van der Waals surface area contributed by atoms with Crippen molar-refractivity contribution in [3.63, 3.8) is 0 Å². The molecule has 24 nitrogen and oxygen atoms in total. The molecule has 0 bridgehead atoms. The Bertz CT molecular complexity index is 2750. The van der Waals surface area contributed by atoms with Crippen LogP contribution in [0.15, 0.2) is 97.1 Å². The van der Waals surface area contributed by atoms with Gasteiger partial charge in [-0.1, -0.05) is 24.3 Å². The molecule has 394 valence electrons. The highest BCUT2D eigenvalue weighted by molar-refractivity contribution is 5.89. The first kappa shape index (κ1) is 56.3. The molecule has 2 aliphatic carbocycles. The van der Waals surface area contributed by atoms with Crippen LogP contribution in [0.3, 0.4) is 0 Å². The Kier molecular flexibility index (Phi) is 18.4. The van der Waals surface area contributed by atoms with E-state index in [1.807, 2.05) is 0 Å². The molecule has 24 heteroatoms. The summed E-state index contributed by atoms with van der Waals surface area (Å²) in [5.41, 5.74) is -3.44. The lowest BCUT2D eigenvalue weighted by Crippen LogP contribution is -2.59. The van der Waals surface area contributed by atoms with Gasteiger partial charge in [0.2, 0.25) is 0 Å². The van der Waals surface area contributed by atoms with Gasteiger partial charge in [-0.15, -0.1) is 0 Å². The summed E-state index contributed by atoms with van der Waals surface area (Å²) in [4.78, 5) is 60.9. The van der Waals surface area contributed by atoms with Crippen molar-refractivity contribution in [1.29, 1.82) is 0 Å². The summed E-state index contributed by atoms with van der Waals surface area (Å²) in [6.45, 7) is 0. The van der Waals surface area contributed by atoms with Crippen LogP contribution in [0, 0.1) is 0 Å². The van der Waals surface area contributed by atoms with Gasteiger partial charge in [-0.25, -0.2) is 24.0 Å². The number of esters is 4. The van der Waals surface area contributed by atoms with Crippen molar-refractivity contribution in [2.75, 3.05) is 0 Å². The van der Waals surface area contributed by atoms with Crippen molar-refractivity contribution in [3.05, 3.63) is 119 Å². The Labute approximate surface area is 418 Å². The number of carboxylic acid groups (broad SMARTS) is 1. The number of rotatable bonds is 14. The van der Waals surface area contributed by atoms with E-state index in [4.69, 9.17) is 18.9 Å². The Morgan fingerprint density at radius 3 is 1.07 bits per heavy atom. The number of ether oxygens (including phenoxy) is 4. The van der Waals surface area contributed by atoms with Crippen LogP contribution >= 0.6 is 0 Å². The molecule has 2 aliphatic rings. The summed E-state index contributed by atoms with van der Waals surface area (Å²) in [5.74, 6) is -8.83. The summed E-state index contributed by atoms with van der Waals surface area (Å²) in [5, 5.41) is 146. The minimum absolute atomic E-state index is 0.311. The third kappa shape index (κ3) is 15.2. The third-order valence-electron chi connectivity index (χ3n) is 11.3. The molecule has 6 atom stereocenters. The zero-order valence-corrected chi connectivity index (χ0v) is 38.3. The van der Waals surface area contributed by atoms with Gasteiger partial charge in [-0.2, -0.15) is 0 Å². The van der Waals surface area contributed by atoms with Gasteiger partial charge >= 0.3 is 29.8 Å². The molecule has 4 aromatic rings. The predicted molar refractivity (Wildman–Crippen MR) is 251 cm³/mol. The van der Waals surface area contributed by atoms with Gasteiger partial charge < -0.3 is 95.5 Å². The van der Waals surface area contributed by atoms with Crippen molar-refractivity contribution in [1.82, 2.24) is 0 Å². The first-order chi connectivity index (χ1) is 34.7. The fourth-order valence-corrected chi connectivity index (χ4v) is 7.35. The van der Waals surface area contributed by atoms with E-state index in [1.54, 1.807) is 0 Å². The second-order valence-electron chi connectivity index (χ2n) is 16.8. The number of phenols is 8. The highest BCUT2D eigenvalue weighted by Gasteiger charge is 2.53. The zero-order chi connectivity index (χ0) is 54.7. The van der Waals surface area contributed by atoms with Crippen molar-refractivity contribution in [3.8, 4) is 46.0 Å². The lowest BCUT2D eigenvalue weighted by molar-refractivity contribution is -0.246. The second-order valence-corrected chi connectivity index (χ2v) is 16.8. The molecule has 0 heterocycles. The standard InChI is InChI=1S/C25H26O12.C25H24O12/c26-15-5-1-13(9-17(15)28)3-7-21(30)36-19-11-25(35,24(33)34)12-20(23(19)32)37-22(31)8-4-14-2-6-16(27)18(29)10-14;26-15-5-1-13(9-17(15)28)3-7-21(31)36-20-12-25(35,24(33)34)11-19(30)23(20)37-22(32)8-4-14-2-6-16(27)18(29)10-14/h1-10,19-20,23-24,26-29,32-35H,11-12H2;1-10,19-20,23,26-30,35H,11-12H2,(H,33,34)/b2*7-3+,8-4+/t19-,20-,23?,25?;19-,20-,23+,25-/m11/s1. The molecule has 0 unspecified atom stereocenters. The van der Waals surface area contributed by atoms with E-state index >= 15 is 0 Å². The van der Waals surface area contributed by atoms with E-state index in [2.05, 4.69) is 0 Å². The van der Waals surface area contributed by atoms with Crippen LogP contribution in [-0.4, -0.2) is 161 Å². The van der Waals surface area contributed by atoms with Crippen LogP contribution in [0.1, 0.15) is 47.9 Å². The van der Waals surface area contributed by atoms with E-state index in [0.29, 0.717) is 22.3 Å². The summed E-state index contributed by atoms with van der Waals surface area (Å²) in [6, 6.07) is 15.1. The predicted octanol–water partition coefficient (Wildman–Crippen LogP) is 1.29. The molecule has 0 aromatic heterocycles. The number of aliphatic carboxylic acids is 1. The van der Waals surface area contributed by atoms with Crippen molar-refractivity contribution in [2.45, 2.75) is 79.8 Å². The molecular weight excluding hydrogens is 985 g/mol. The Morgan fingerprint density at radius 1 is 0.459 bits per heavy atom. The number of carboxylic acids is 1. The van der Waals surface area contributed by atoms with Crippen LogP contribution in [0.2, 0.25) is 0 Å². The van der Waals surface area contributed by atoms with E-state index in [-0.39, 0.29) is 23.0 Å². The lowest BCUT2D eigenvalue weighted by atomic mass is 9.79. The Hall–Kier alpha value is -8.65. The molecule has 15 N–H and O–H groups in total. The van der Waals surface area contributed by atoms with Gasteiger partial charge in [0.1, 0.15) is 30.0 Å². The molecule has 6 rings (SSSR count). The monoisotopic (exact) mass is 1030 g/mol. The Balaban J connectivity index is 0.000000274. The zero-order valence-electron chi connectivity index (χ0n) is 38.3. The van der Waals surface area contributed by atoms with E-state index in [0.717, 1.165) is 30.4 Å². The fraction of sp³-hybridized carbons (Fsp3) is 0.260. The fourth-order valence-electron chi connectivity index (χ4n) is 7.35. The summed E-state index contributed by atoms with van der Waals surface area (Å²) >= 11 is 0. The largest absolute Gasteiger partial charge is 0.504 e. The minimum Gasteiger partial charge on any atom is -0.504 e. The number of aliphatic hydroxyl groups excluding tert-OH is 3. The highest BCUT2D eigenvalue weighted by Crippen LogP contribution is 2.36. The number of carbonyl (C=O) groups is 5. The van der Waals surface area contributed by atoms with Crippen molar-refractivity contribution in [2.24, 2.45) is 0 Å². The molecule has 0 amide bonds. The second kappa shape index (κ2) is 24.2. The van der Waals surface area contributed by atoms with Gasteiger partial charge in [0.15, 0.2) is 64.0 Å². The number of phenolic OH excluding ortho intramolecular Hbond substituents is 8. The number of benzene rings is 4. The number of hydrogen-bond acceptors (Lipinski definition) is 23. The lowest BCUT2D eigenvalue weighted by Gasteiger charge is -2.43. The first-order valence-electron chi connectivity index (χ1n) is 21.8. The van der Waals surface area contributed by atoms with Crippen molar-refractivity contribution >= 4 is 54.2 Å². The smallest absolute Gasteiger partial charge is 0.335 e. The normalized spacial score (nSPS) is 23.8. The third-order valence-corrected chi connectivity index (χ3v) is 11.3. The van der Waals surface area contributed by atoms with Crippen LogP contribution in [0.4, 0.5) is 0 Å². The highest BCUT2D eigenvalue weighted by atomic mass is 16.6. The molecular formula is C50H50O24. The van der Waals surface area contributed by atoms with Gasteiger partial charge in [-0.05, 0) is 95.1 Å². The topological polar surface area (TPSA) is 426 Å². The van der Waals surface area contributed by atoms with Gasteiger partial charge in [-0.3, -0.25) is 0 Å². The molecule has 0 saturated heterocycles. The van der Waals surface area contributed by atoms with E-state index in [9.17, 15) is 101 Å². The molecule has 2 saturated carbocycles. The van der Waals surface area contributed by atoms with Gasteiger partial charge in [0, 0.05) is 50.0 Å². The van der Waals surface area contributed by atoms with Crippen LogP contribution in [-0.2, 0) is 42.9 Å². The number of aromatic hydroxyl groups is 8. The van der Waals surface area contributed by atoms with E-state index < -0.39 is 133 Å². The van der Waals surface area contributed by atoms with Crippen LogP contribution in [0.5, 0.6) is 46.0 Å². The van der Waals surface area contributed by atoms with Gasteiger partial charge in [0.25, 0.3) is 0 Å². The SMILES string of the molecule is O=C(/C=C/c1ccc(O)c(O)c1)O[C@@H]1CC(O)(C(O)O)C[C@@H](OC(=O)/C=C/c2ccc(O)c(O)c2)C1O.O=C(/C=C/c1ccc(O)c(O)c1)O[C@H]1[C@H](O)C[C@](O)(C(=O)O)C[C@H]1OC(=O)/C=C/c1ccc(O)c(O)c1. The van der Waals surface area contributed by atoms with Crippen LogP contribution in [0.25, 0.3) is 24.3 Å². The van der Waals surface area contributed by atoms with E-state index in [1.165, 1.54) is 91.0 Å². The number of hydrogen-bond donors (Lipinski definition) is 15. The maximum absolute atomic E-state index is 12.4.